The van der Waals surface area contributed by atoms with Gasteiger partial charge in [-0.25, -0.2) is 0 Å². The third-order valence-electron chi connectivity index (χ3n) is 6.43. The van der Waals surface area contributed by atoms with Gasteiger partial charge in [-0.1, -0.05) is 30.3 Å². The molecule has 1 N–H and O–H groups in total. The Morgan fingerprint density at radius 2 is 1.65 bits per heavy atom. The summed E-state index contributed by atoms with van der Waals surface area (Å²) in [5.41, 5.74) is 4.26. The average Bonchev–Trinajstić information content (AvgIpc) is 3.03. The lowest BCUT2D eigenvalue weighted by Gasteiger charge is -2.34. The number of fused-ring (bicyclic) bond motifs is 1. The average molecular weight is 455 g/mol. The number of para-hydroxylation sites is 3. The number of rotatable bonds is 4. The van der Waals surface area contributed by atoms with Gasteiger partial charge in [-0.15, -0.1) is 0 Å². The summed E-state index contributed by atoms with van der Waals surface area (Å²) in [6.45, 7) is 0. The fourth-order valence-corrected chi connectivity index (χ4v) is 4.82. The van der Waals surface area contributed by atoms with E-state index in [0.717, 1.165) is 29.8 Å². The van der Waals surface area contributed by atoms with E-state index in [4.69, 9.17) is 9.47 Å². The first-order chi connectivity index (χ1) is 16.6. The maximum Gasteiger partial charge on any atom is 0.259 e. The predicted octanol–water partition coefficient (Wildman–Crippen LogP) is 5.52. The van der Waals surface area contributed by atoms with Gasteiger partial charge < -0.3 is 14.8 Å². The van der Waals surface area contributed by atoms with E-state index in [2.05, 4.69) is 5.32 Å². The SMILES string of the molecule is COc1ccc(C(=O)N2c3ccccc3NC3=C(C(=O)CCC3)[C@@H]2c2ccccc2OC)cc1. The zero-order valence-electron chi connectivity index (χ0n) is 19.2. The minimum atomic E-state index is -0.635. The number of allylic oxidation sites excluding steroid dienone is 1. The van der Waals surface area contributed by atoms with Crippen LogP contribution < -0.4 is 19.7 Å². The van der Waals surface area contributed by atoms with Gasteiger partial charge in [0.15, 0.2) is 5.78 Å². The molecule has 1 heterocycles. The molecule has 1 aliphatic heterocycles. The Hall–Kier alpha value is -4.06. The summed E-state index contributed by atoms with van der Waals surface area (Å²) in [4.78, 5) is 29.3. The van der Waals surface area contributed by atoms with Crippen LogP contribution in [0.25, 0.3) is 0 Å². The van der Waals surface area contributed by atoms with Crippen molar-refractivity contribution in [3.63, 3.8) is 0 Å². The number of benzene rings is 3. The molecule has 0 saturated heterocycles. The van der Waals surface area contributed by atoms with Gasteiger partial charge >= 0.3 is 0 Å². The van der Waals surface area contributed by atoms with E-state index in [0.29, 0.717) is 34.7 Å². The highest BCUT2D eigenvalue weighted by Crippen LogP contribution is 2.47. The van der Waals surface area contributed by atoms with Crippen molar-refractivity contribution in [3.05, 3.63) is 95.2 Å². The first-order valence-corrected chi connectivity index (χ1v) is 11.3. The Bertz CT molecular complexity index is 1280. The van der Waals surface area contributed by atoms with E-state index in [1.807, 2.05) is 48.5 Å². The first-order valence-electron chi connectivity index (χ1n) is 11.3. The summed E-state index contributed by atoms with van der Waals surface area (Å²) in [5.74, 6) is 1.14. The number of nitrogens with one attached hydrogen (secondary N) is 1. The second-order valence-corrected chi connectivity index (χ2v) is 8.36. The van der Waals surface area contributed by atoms with Crippen LogP contribution in [0.4, 0.5) is 11.4 Å². The molecule has 5 rings (SSSR count). The fourth-order valence-electron chi connectivity index (χ4n) is 4.82. The minimum Gasteiger partial charge on any atom is -0.497 e. The molecule has 6 heteroatoms. The highest BCUT2D eigenvalue weighted by molar-refractivity contribution is 6.12. The summed E-state index contributed by atoms with van der Waals surface area (Å²) < 4.78 is 11.0. The second-order valence-electron chi connectivity index (χ2n) is 8.36. The maximum atomic E-state index is 14.2. The van der Waals surface area contributed by atoms with Crippen LogP contribution in [-0.4, -0.2) is 25.9 Å². The maximum absolute atomic E-state index is 14.2. The van der Waals surface area contributed by atoms with Crippen LogP contribution in [0.2, 0.25) is 0 Å². The minimum absolute atomic E-state index is 0.0463. The number of carbonyl (C=O) groups is 2. The zero-order valence-corrected chi connectivity index (χ0v) is 19.2. The predicted molar refractivity (Wildman–Crippen MR) is 131 cm³/mol. The van der Waals surface area contributed by atoms with E-state index in [-0.39, 0.29) is 11.7 Å². The van der Waals surface area contributed by atoms with Gasteiger partial charge in [-0.3, -0.25) is 14.5 Å². The number of hydrogen-bond donors (Lipinski definition) is 1. The number of amides is 1. The van der Waals surface area contributed by atoms with Crippen molar-refractivity contribution in [2.45, 2.75) is 25.3 Å². The van der Waals surface area contributed by atoms with Crippen LogP contribution >= 0.6 is 0 Å². The molecule has 172 valence electrons. The Morgan fingerprint density at radius 1 is 0.912 bits per heavy atom. The van der Waals surface area contributed by atoms with Gasteiger partial charge in [0.05, 0.1) is 31.6 Å². The standard InChI is InChI=1S/C28H26N2O4/c1-33-19-16-14-18(15-17-19)28(32)30-23-11-5-4-9-21(23)29-22-10-7-12-24(31)26(22)27(30)20-8-3-6-13-25(20)34-2/h3-6,8-9,11,13-17,27,29H,7,10,12H2,1-2H3/t27-/m0/s1. The largest absolute Gasteiger partial charge is 0.497 e. The molecule has 6 nitrogen and oxygen atoms in total. The number of ketones is 1. The molecule has 1 amide bonds. The number of ether oxygens (including phenoxy) is 2. The summed E-state index contributed by atoms with van der Waals surface area (Å²) in [7, 11) is 3.20. The Balaban J connectivity index is 1.77. The molecule has 0 radical (unpaired) electrons. The normalized spacial score (nSPS) is 17.3. The number of hydrogen-bond acceptors (Lipinski definition) is 5. The Labute approximate surface area is 198 Å². The molecule has 34 heavy (non-hydrogen) atoms. The lowest BCUT2D eigenvalue weighted by atomic mass is 9.85. The molecule has 3 aromatic carbocycles. The molecule has 2 aliphatic rings. The third-order valence-corrected chi connectivity index (χ3v) is 6.43. The number of nitrogens with zero attached hydrogens (tertiary/aromatic N) is 1. The van der Waals surface area contributed by atoms with Crippen LogP contribution in [-0.2, 0) is 4.79 Å². The fraction of sp³-hybridized carbons (Fsp3) is 0.214. The lowest BCUT2D eigenvalue weighted by molar-refractivity contribution is -0.116. The van der Waals surface area contributed by atoms with Crippen LogP contribution in [0.3, 0.4) is 0 Å². The molecule has 0 fully saturated rings. The van der Waals surface area contributed by atoms with Gasteiger partial charge in [0.1, 0.15) is 11.5 Å². The monoisotopic (exact) mass is 454 g/mol. The molecule has 0 bridgehead atoms. The van der Waals surface area contributed by atoms with Gasteiger partial charge in [-0.05, 0) is 55.3 Å². The van der Waals surface area contributed by atoms with E-state index < -0.39 is 6.04 Å². The molecule has 0 saturated carbocycles. The summed E-state index contributed by atoms with van der Waals surface area (Å²) in [6, 6.07) is 21.7. The lowest BCUT2D eigenvalue weighted by Crippen LogP contribution is -2.38. The van der Waals surface area contributed by atoms with Crippen LogP contribution in [0, 0.1) is 0 Å². The van der Waals surface area contributed by atoms with Crippen molar-refractivity contribution in [1.29, 1.82) is 0 Å². The zero-order chi connectivity index (χ0) is 23.7. The molecule has 0 aromatic heterocycles. The second kappa shape index (κ2) is 9.06. The first kappa shape index (κ1) is 21.8. The van der Waals surface area contributed by atoms with Crippen molar-refractivity contribution >= 4 is 23.1 Å². The topological polar surface area (TPSA) is 67.9 Å². The van der Waals surface area contributed by atoms with Crippen molar-refractivity contribution in [1.82, 2.24) is 0 Å². The number of carbonyl (C=O) groups excluding carboxylic acids is 2. The summed E-state index contributed by atoms with van der Waals surface area (Å²) in [6.07, 6.45) is 1.97. The number of Topliss-reactive ketones (excluding diaryl/α,β-unsaturated/α-hetero) is 1. The molecule has 3 aromatic rings. The van der Waals surface area contributed by atoms with Crippen molar-refractivity contribution in [2.75, 3.05) is 24.4 Å². The van der Waals surface area contributed by atoms with Crippen LogP contribution in [0.15, 0.2) is 84.1 Å². The molecule has 0 unspecified atom stereocenters. The van der Waals surface area contributed by atoms with Gasteiger partial charge in [-0.2, -0.15) is 0 Å². The van der Waals surface area contributed by atoms with Crippen molar-refractivity contribution in [3.8, 4) is 11.5 Å². The number of methoxy groups -OCH3 is 2. The summed E-state index contributed by atoms with van der Waals surface area (Å²) >= 11 is 0. The highest BCUT2D eigenvalue weighted by Gasteiger charge is 2.40. The van der Waals surface area contributed by atoms with Crippen LogP contribution in [0.5, 0.6) is 11.5 Å². The molecule has 0 spiro atoms. The van der Waals surface area contributed by atoms with Crippen molar-refractivity contribution < 1.29 is 19.1 Å². The van der Waals surface area contributed by atoms with Gasteiger partial charge in [0, 0.05) is 28.8 Å². The molecular weight excluding hydrogens is 428 g/mol. The van der Waals surface area contributed by atoms with E-state index in [1.54, 1.807) is 43.4 Å². The van der Waals surface area contributed by atoms with E-state index in [1.165, 1.54) is 0 Å². The van der Waals surface area contributed by atoms with E-state index >= 15 is 0 Å². The smallest absolute Gasteiger partial charge is 0.259 e. The number of anilines is 2. The quantitative estimate of drug-likeness (QED) is 0.562. The third kappa shape index (κ3) is 3.71. The van der Waals surface area contributed by atoms with Crippen molar-refractivity contribution in [2.24, 2.45) is 0 Å². The molecule has 1 aliphatic carbocycles. The van der Waals surface area contributed by atoms with E-state index in [9.17, 15) is 9.59 Å². The Morgan fingerprint density at radius 3 is 2.41 bits per heavy atom. The highest BCUT2D eigenvalue weighted by atomic mass is 16.5. The van der Waals surface area contributed by atoms with Crippen LogP contribution in [0.1, 0.15) is 41.2 Å². The van der Waals surface area contributed by atoms with Gasteiger partial charge in [0.2, 0.25) is 0 Å². The van der Waals surface area contributed by atoms with Gasteiger partial charge in [0.25, 0.3) is 5.91 Å². The summed E-state index contributed by atoms with van der Waals surface area (Å²) in [5, 5.41) is 3.49. The molecular formula is C28H26N2O4. The Kier molecular flexibility index (Phi) is 5.80. The molecule has 1 atom stereocenters.